The van der Waals surface area contributed by atoms with Gasteiger partial charge in [0.2, 0.25) is 5.91 Å². The molecule has 8 heteroatoms. The smallest absolute Gasteiger partial charge is 0.337 e. The SMILES string of the molecule is O=C(C1CCS(=O)(=O)C1)N1CC(OC(F)F)C1. The van der Waals surface area contributed by atoms with Crippen molar-refractivity contribution in [1.82, 2.24) is 4.90 Å². The Bertz CT molecular complexity index is 405. The molecule has 0 aromatic heterocycles. The lowest BCUT2D eigenvalue weighted by Gasteiger charge is -2.39. The fourth-order valence-corrected chi connectivity index (χ4v) is 3.83. The summed E-state index contributed by atoms with van der Waals surface area (Å²) in [6.07, 6.45) is -0.296. The average Bonchev–Trinajstić information content (AvgIpc) is 2.50. The number of hydrogen-bond donors (Lipinski definition) is 0. The first kappa shape index (κ1) is 12.7. The summed E-state index contributed by atoms with van der Waals surface area (Å²) in [4.78, 5) is 13.1. The number of rotatable bonds is 3. The Morgan fingerprint density at radius 3 is 2.47 bits per heavy atom. The molecular formula is C9H13F2NO4S. The molecule has 5 nitrogen and oxygen atoms in total. The minimum Gasteiger partial charge on any atom is -0.337 e. The van der Waals surface area contributed by atoms with Crippen molar-refractivity contribution in [2.24, 2.45) is 5.92 Å². The molecule has 2 aliphatic heterocycles. The Morgan fingerprint density at radius 1 is 1.35 bits per heavy atom. The van der Waals surface area contributed by atoms with E-state index in [2.05, 4.69) is 4.74 Å². The van der Waals surface area contributed by atoms with Crippen LogP contribution in [0.15, 0.2) is 0 Å². The summed E-state index contributed by atoms with van der Waals surface area (Å²) in [5.74, 6) is -0.857. The molecule has 0 bridgehead atoms. The highest BCUT2D eigenvalue weighted by Gasteiger charge is 2.40. The Balaban J connectivity index is 1.80. The first-order valence-corrected chi connectivity index (χ1v) is 7.12. The van der Waals surface area contributed by atoms with Crippen LogP contribution in [0.2, 0.25) is 0 Å². The highest BCUT2D eigenvalue weighted by atomic mass is 32.2. The van der Waals surface area contributed by atoms with Crippen molar-refractivity contribution in [3.8, 4) is 0 Å². The van der Waals surface area contributed by atoms with Gasteiger partial charge in [0.05, 0.1) is 23.5 Å². The fourth-order valence-electron chi connectivity index (χ4n) is 2.10. The number of halogens is 2. The van der Waals surface area contributed by atoms with Gasteiger partial charge in [-0.2, -0.15) is 8.78 Å². The third-order valence-corrected chi connectivity index (χ3v) is 4.80. The number of amides is 1. The van der Waals surface area contributed by atoms with E-state index in [-0.39, 0.29) is 30.5 Å². The second-order valence-electron chi connectivity index (χ2n) is 4.36. The van der Waals surface area contributed by atoms with Gasteiger partial charge in [0.25, 0.3) is 0 Å². The predicted octanol–water partition coefficient (Wildman–Crippen LogP) is -0.129. The second-order valence-corrected chi connectivity index (χ2v) is 6.59. The summed E-state index contributed by atoms with van der Waals surface area (Å²) in [7, 11) is -3.09. The average molecular weight is 269 g/mol. The minimum atomic E-state index is -3.09. The standard InChI is InChI=1S/C9H13F2NO4S/c10-9(11)16-7-3-12(4-7)8(13)6-1-2-17(14,15)5-6/h6-7,9H,1-5H2. The van der Waals surface area contributed by atoms with Crippen molar-refractivity contribution < 1.29 is 26.7 Å². The maximum absolute atomic E-state index is 11.8. The first-order chi connectivity index (χ1) is 7.87. The second kappa shape index (κ2) is 4.49. The van der Waals surface area contributed by atoms with Gasteiger partial charge in [-0.3, -0.25) is 4.79 Å². The van der Waals surface area contributed by atoms with Crippen LogP contribution in [-0.2, 0) is 19.4 Å². The van der Waals surface area contributed by atoms with Gasteiger partial charge in [-0.05, 0) is 6.42 Å². The number of carbonyl (C=O) groups excluding carboxylic acids is 1. The van der Waals surface area contributed by atoms with Crippen molar-refractivity contribution in [2.45, 2.75) is 19.1 Å². The van der Waals surface area contributed by atoms with Crippen LogP contribution in [0.3, 0.4) is 0 Å². The van der Waals surface area contributed by atoms with Crippen molar-refractivity contribution in [3.05, 3.63) is 0 Å². The van der Waals surface area contributed by atoms with Crippen molar-refractivity contribution in [3.63, 3.8) is 0 Å². The maximum atomic E-state index is 11.8. The van der Waals surface area contributed by atoms with Crippen LogP contribution in [-0.4, -0.2) is 56.5 Å². The monoisotopic (exact) mass is 269 g/mol. The molecule has 0 aromatic carbocycles. The lowest BCUT2D eigenvalue weighted by molar-refractivity contribution is -0.200. The van der Waals surface area contributed by atoms with E-state index in [1.54, 1.807) is 0 Å². The Labute approximate surface area is 97.6 Å². The number of ether oxygens (including phenoxy) is 1. The van der Waals surface area contributed by atoms with E-state index in [0.29, 0.717) is 6.42 Å². The Morgan fingerprint density at radius 2 is 2.00 bits per heavy atom. The Kier molecular flexibility index (Phi) is 3.35. The lowest BCUT2D eigenvalue weighted by Crippen LogP contribution is -2.56. The van der Waals surface area contributed by atoms with E-state index in [9.17, 15) is 22.0 Å². The molecule has 1 unspecified atom stereocenters. The summed E-state index contributed by atoms with van der Waals surface area (Å²) in [5.41, 5.74) is 0. The largest absolute Gasteiger partial charge is 0.345 e. The third-order valence-electron chi connectivity index (χ3n) is 3.04. The highest BCUT2D eigenvalue weighted by molar-refractivity contribution is 7.91. The van der Waals surface area contributed by atoms with Crippen LogP contribution in [0, 0.1) is 5.92 Å². The molecule has 98 valence electrons. The van der Waals surface area contributed by atoms with Gasteiger partial charge in [-0.15, -0.1) is 0 Å². The third kappa shape index (κ3) is 2.92. The molecule has 0 N–H and O–H groups in total. The number of alkyl halides is 2. The van der Waals surface area contributed by atoms with Gasteiger partial charge >= 0.3 is 6.61 Å². The van der Waals surface area contributed by atoms with Gasteiger partial charge in [0.1, 0.15) is 0 Å². The molecule has 2 rings (SSSR count). The van der Waals surface area contributed by atoms with Crippen LogP contribution >= 0.6 is 0 Å². The minimum absolute atomic E-state index is 0.0359. The number of sulfone groups is 1. The maximum Gasteiger partial charge on any atom is 0.345 e. The summed E-state index contributed by atoms with van der Waals surface area (Å²) in [6.45, 7) is -2.58. The van der Waals surface area contributed by atoms with Crippen LogP contribution in [0.1, 0.15) is 6.42 Å². The zero-order valence-electron chi connectivity index (χ0n) is 9.01. The number of likely N-dealkylation sites (tertiary alicyclic amines) is 1. The number of nitrogens with zero attached hydrogens (tertiary/aromatic N) is 1. The quantitative estimate of drug-likeness (QED) is 0.716. The number of carbonyl (C=O) groups is 1. The van der Waals surface area contributed by atoms with E-state index in [1.165, 1.54) is 4.90 Å². The molecule has 1 atom stereocenters. The van der Waals surface area contributed by atoms with E-state index < -0.39 is 28.5 Å². The molecule has 2 aliphatic rings. The topological polar surface area (TPSA) is 63.7 Å². The normalized spacial score (nSPS) is 28.4. The van der Waals surface area contributed by atoms with Gasteiger partial charge in [-0.1, -0.05) is 0 Å². The molecule has 0 aromatic rings. The summed E-state index contributed by atoms with van der Waals surface area (Å²) in [5, 5.41) is 0. The molecule has 0 aliphatic carbocycles. The zero-order valence-corrected chi connectivity index (χ0v) is 9.83. The van der Waals surface area contributed by atoms with Crippen LogP contribution < -0.4 is 0 Å². The van der Waals surface area contributed by atoms with E-state index in [0.717, 1.165) is 0 Å². The Hall–Kier alpha value is -0.760. The molecule has 17 heavy (non-hydrogen) atoms. The predicted molar refractivity (Wildman–Crippen MR) is 54.2 cm³/mol. The molecule has 1 amide bonds. The van der Waals surface area contributed by atoms with E-state index in [1.807, 2.05) is 0 Å². The van der Waals surface area contributed by atoms with Crippen LogP contribution in [0.4, 0.5) is 8.78 Å². The zero-order chi connectivity index (χ0) is 12.6. The molecule has 0 radical (unpaired) electrons. The van der Waals surface area contributed by atoms with Crippen molar-refractivity contribution >= 4 is 15.7 Å². The molecule has 2 saturated heterocycles. The molecule has 2 fully saturated rings. The van der Waals surface area contributed by atoms with Crippen LogP contribution in [0.25, 0.3) is 0 Å². The summed E-state index contributed by atoms with van der Waals surface area (Å²) < 4.78 is 50.3. The van der Waals surface area contributed by atoms with Crippen molar-refractivity contribution in [1.29, 1.82) is 0 Å². The molecular weight excluding hydrogens is 256 g/mol. The lowest BCUT2D eigenvalue weighted by atomic mass is 10.0. The molecule has 0 spiro atoms. The fraction of sp³-hybridized carbons (Fsp3) is 0.889. The van der Waals surface area contributed by atoms with Crippen molar-refractivity contribution in [2.75, 3.05) is 24.6 Å². The van der Waals surface area contributed by atoms with Gasteiger partial charge in [0.15, 0.2) is 9.84 Å². The number of hydrogen-bond acceptors (Lipinski definition) is 4. The highest BCUT2D eigenvalue weighted by Crippen LogP contribution is 2.24. The first-order valence-electron chi connectivity index (χ1n) is 5.30. The van der Waals surface area contributed by atoms with Crippen LogP contribution in [0.5, 0.6) is 0 Å². The van der Waals surface area contributed by atoms with Gasteiger partial charge < -0.3 is 9.64 Å². The van der Waals surface area contributed by atoms with Gasteiger partial charge in [-0.25, -0.2) is 8.42 Å². The summed E-state index contributed by atoms with van der Waals surface area (Å²) >= 11 is 0. The van der Waals surface area contributed by atoms with Gasteiger partial charge in [0, 0.05) is 13.1 Å². The summed E-state index contributed by atoms with van der Waals surface area (Å²) in [6, 6.07) is 0. The molecule has 2 heterocycles. The molecule has 0 saturated carbocycles. The van der Waals surface area contributed by atoms with E-state index >= 15 is 0 Å². The van der Waals surface area contributed by atoms with E-state index in [4.69, 9.17) is 0 Å².